The van der Waals surface area contributed by atoms with Gasteiger partial charge in [0.15, 0.2) is 5.13 Å². The molecule has 2 amide bonds. The number of rotatable bonds is 7. The zero-order chi connectivity index (χ0) is 17.5. The number of anilines is 1. The zero-order valence-corrected chi connectivity index (χ0v) is 14.7. The van der Waals surface area contributed by atoms with Crippen LogP contribution in [0.5, 0.6) is 0 Å². The van der Waals surface area contributed by atoms with E-state index in [1.54, 1.807) is 12.3 Å². The Balaban J connectivity index is 1.75. The summed E-state index contributed by atoms with van der Waals surface area (Å²) in [5.41, 5.74) is 5.83. The van der Waals surface area contributed by atoms with Gasteiger partial charge in [0, 0.05) is 5.38 Å². The van der Waals surface area contributed by atoms with Gasteiger partial charge in [-0.25, -0.2) is 4.98 Å². The molecule has 0 aliphatic carbocycles. The van der Waals surface area contributed by atoms with Crippen LogP contribution >= 0.6 is 23.1 Å². The molecule has 0 spiro atoms. The minimum atomic E-state index is -0.413. The fourth-order valence-electron chi connectivity index (χ4n) is 1.91. The summed E-state index contributed by atoms with van der Waals surface area (Å²) in [6, 6.07) is 0. The largest absolute Gasteiger partial charge is 0.466 e. The molecule has 1 aromatic rings. The first-order chi connectivity index (χ1) is 11.5. The SMILES string of the molecule is CCOC(=O)Cc1csc(NC(=O)CSC2NC(=O)CC(N)N2)n1. The number of carbonyl (C=O) groups excluding carboxylic acids is 3. The van der Waals surface area contributed by atoms with Crippen molar-refractivity contribution in [2.75, 3.05) is 17.7 Å². The summed E-state index contributed by atoms with van der Waals surface area (Å²) in [5, 5.41) is 10.4. The molecule has 5 N–H and O–H groups in total. The maximum Gasteiger partial charge on any atom is 0.311 e. The molecule has 1 saturated heterocycles. The van der Waals surface area contributed by atoms with Gasteiger partial charge in [0.25, 0.3) is 0 Å². The molecular formula is C13H19N5O4S2. The molecule has 1 aromatic heterocycles. The van der Waals surface area contributed by atoms with Crippen LogP contribution in [0.3, 0.4) is 0 Å². The Hall–Kier alpha value is -1.69. The van der Waals surface area contributed by atoms with Gasteiger partial charge >= 0.3 is 5.97 Å². The molecule has 0 aromatic carbocycles. The van der Waals surface area contributed by atoms with Crippen molar-refractivity contribution in [3.8, 4) is 0 Å². The molecule has 132 valence electrons. The Kier molecular flexibility index (Phi) is 6.97. The van der Waals surface area contributed by atoms with E-state index in [0.29, 0.717) is 17.4 Å². The van der Waals surface area contributed by atoms with Crippen LogP contribution in [0.2, 0.25) is 0 Å². The second-order valence-electron chi connectivity index (χ2n) is 4.91. The highest BCUT2D eigenvalue weighted by Gasteiger charge is 2.24. The molecule has 1 aliphatic heterocycles. The Morgan fingerprint density at radius 2 is 2.38 bits per heavy atom. The number of esters is 1. The fraction of sp³-hybridized carbons (Fsp3) is 0.538. The number of carbonyl (C=O) groups is 3. The average molecular weight is 373 g/mol. The smallest absolute Gasteiger partial charge is 0.311 e. The fourth-order valence-corrected chi connectivity index (χ4v) is 3.51. The normalized spacial score (nSPS) is 20.3. The van der Waals surface area contributed by atoms with Crippen molar-refractivity contribution < 1.29 is 19.1 Å². The second kappa shape index (κ2) is 8.97. The Labute approximate surface area is 147 Å². The molecular weight excluding hydrogens is 354 g/mol. The molecule has 0 radical (unpaired) electrons. The van der Waals surface area contributed by atoms with Gasteiger partial charge in [-0.05, 0) is 6.92 Å². The molecule has 0 bridgehead atoms. The molecule has 0 saturated carbocycles. The van der Waals surface area contributed by atoms with Crippen LogP contribution < -0.4 is 21.7 Å². The van der Waals surface area contributed by atoms with E-state index in [-0.39, 0.29) is 36.4 Å². The van der Waals surface area contributed by atoms with Crippen LogP contribution in [0, 0.1) is 0 Å². The summed E-state index contributed by atoms with van der Waals surface area (Å²) < 4.78 is 4.84. The van der Waals surface area contributed by atoms with Gasteiger partial charge in [-0.15, -0.1) is 23.1 Å². The van der Waals surface area contributed by atoms with Gasteiger partial charge in [-0.2, -0.15) is 0 Å². The third-order valence-electron chi connectivity index (χ3n) is 2.87. The molecule has 11 heteroatoms. The van der Waals surface area contributed by atoms with Crippen molar-refractivity contribution in [1.29, 1.82) is 0 Å². The summed E-state index contributed by atoms with van der Waals surface area (Å²) >= 11 is 2.46. The molecule has 1 fully saturated rings. The third kappa shape index (κ3) is 6.07. The summed E-state index contributed by atoms with van der Waals surface area (Å²) in [7, 11) is 0. The highest BCUT2D eigenvalue weighted by Crippen LogP contribution is 2.17. The van der Waals surface area contributed by atoms with E-state index < -0.39 is 11.7 Å². The molecule has 2 unspecified atom stereocenters. The first-order valence-electron chi connectivity index (χ1n) is 7.28. The summed E-state index contributed by atoms with van der Waals surface area (Å²) in [4.78, 5) is 38.8. The van der Waals surface area contributed by atoms with Crippen molar-refractivity contribution in [3.05, 3.63) is 11.1 Å². The minimum Gasteiger partial charge on any atom is -0.466 e. The Morgan fingerprint density at radius 3 is 3.08 bits per heavy atom. The van der Waals surface area contributed by atoms with Crippen LogP contribution in [0.1, 0.15) is 19.0 Å². The standard InChI is InChI=1S/C13H19N5O4S2/c1-2-22-11(21)3-7-5-23-12(15-7)18-10(20)6-24-13-16-8(14)4-9(19)17-13/h5,8,13,16H,2-4,6,14H2,1H3,(H,17,19)(H,15,18,20). The number of nitrogens with one attached hydrogen (secondary N) is 3. The maximum absolute atomic E-state index is 11.9. The first kappa shape index (κ1) is 18.6. The lowest BCUT2D eigenvalue weighted by atomic mass is 10.3. The van der Waals surface area contributed by atoms with Crippen molar-refractivity contribution in [1.82, 2.24) is 15.6 Å². The summed E-state index contributed by atoms with van der Waals surface area (Å²) in [6.45, 7) is 2.05. The number of hydrogen-bond acceptors (Lipinski definition) is 9. The van der Waals surface area contributed by atoms with E-state index in [1.165, 1.54) is 23.1 Å². The van der Waals surface area contributed by atoms with E-state index in [2.05, 4.69) is 20.9 Å². The maximum atomic E-state index is 11.9. The highest BCUT2D eigenvalue weighted by molar-refractivity contribution is 8.00. The number of hydrogen-bond donors (Lipinski definition) is 4. The lowest BCUT2D eigenvalue weighted by Gasteiger charge is -2.28. The van der Waals surface area contributed by atoms with E-state index >= 15 is 0 Å². The van der Waals surface area contributed by atoms with E-state index in [4.69, 9.17) is 10.5 Å². The third-order valence-corrected chi connectivity index (χ3v) is 4.70. The quantitative estimate of drug-likeness (QED) is 0.474. The van der Waals surface area contributed by atoms with Gasteiger partial charge < -0.3 is 21.1 Å². The van der Waals surface area contributed by atoms with Crippen LogP contribution in [-0.2, 0) is 25.5 Å². The number of thioether (sulfide) groups is 1. The topological polar surface area (TPSA) is 135 Å². The van der Waals surface area contributed by atoms with E-state index in [0.717, 1.165) is 0 Å². The molecule has 24 heavy (non-hydrogen) atoms. The van der Waals surface area contributed by atoms with Gasteiger partial charge in [-0.3, -0.25) is 19.7 Å². The first-order valence-corrected chi connectivity index (χ1v) is 9.21. The number of amides is 2. The van der Waals surface area contributed by atoms with Crippen molar-refractivity contribution in [2.24, 2.45) is 5.73 Å². The molecule has 2 atom stereocenters. The number of nitrogens with zero attached hydrogens (tertiary/aromatic N) is 1. The van der Waals surface area contributed by atoms with E-state index in [9.17, 15) is 14.4 Å². The van der Waals surface area contributed by atoms with Gasteiger partial charge in [0.2, 0.25) is 11.8 Å². The van der Waals surface area contributed by atoms with Gasteiger partial charge in [-0.1, -0.05) is 0 Å². The lowest BCUT2D eigenvalue weighted by molar-refractivity contribution is -0.142. The van der Waals surface area contributed by atoms with Crippen LogP contribution in [0.25, 0.3) is 0 Å². The summed E-state index contributed by atoms with van der Waals surface area (Å²) in [5.74, 6) is -0.640. The van der Waals surface area contributed by atoms with Gasteiger partial charge in [0.1, 0.15) is 5.50 Å². The Morgan fingerprint density at radius 1 is 1.58 bits per heavy atom. The van der Waals surface area contributed by atoms with Crippen LogP contribution in [0.4, 0.5) is 5.13 Å². The highest BCUT2D eigenvalue weighted by atomic mass is 32.2. The molecule has 1 aliphatic rings. The lowest BCUT2D eigenvalue weighted by Crippen LogP contribution is -2.58. The van der Waals surface area contributed by atoms with Gasteiger partial charge in [0.05, 0.1) is 37.1 Å². The summed E-state index contributed by atoms with van der Waals surface area (Å²) in [6.07, 6.45) is -0.125. The number of ether oxygens (including phenoxy) is 1. The van der Waals surface area contributed by atoms with E-state index in [1.807, 2.05) is 0 Å². The molecule has 2 rings (SSSR count). The number of nitrogens with two attached hydrogens (primary N) is 1. The molecule has 2 heterocycles. The average Bonchev–Trinajstić information content (AvgIpc) is 2.91. The zero-order valence-electron chi connectivity index (χ0n) is 13.0. The second-order valence-corrected chi connectivity index (χ2v) is 6.86. The number of thiazole rings is 1. The molecule has 9 nitrogen and oxygen atoms in total. The van der Waals surface area contributed by atoms with Crippen molar-refractivity contribution >= 4 is 46.0 Å². The van der Waals surface area contributed by atoms with Crippen molar-refractivity contribution in [2.45, 2.75) is 31.4 Å². The van der Waals surface area contributed by atoms with Crippen LogP contribution in [-0.4, -0.2) is 46.8 Å². The predicted molar refractivity (Wildman–Crippen MR) is 91.2 cm³/mol. The monoisotopic (exact) mass is 373 g/mol. The van der Waals surface area contributed by atoms with Crippen molar-refractivity contribution in [3.63, 3.8) is 0 Å². The van der Waals surface area contributed by atoms with Crippen LogP contribution in [0.15, 0.2) is 5.38 Å². The predicted octanol–water partition coefficient (Wildman–Crippen LogP) is -0.402. The number of aromatic nitrogens is 1. The minimum absolute atomic E-state index is 0.0743. The Bertz CT molecular complexity index is 609.